The largest absolute Gasteiger partial charge is 0.341 e. The van der Waals surface area contributed by atoms with Crippen molar-refractivity contribution in [3.63, 3.8) is 0 Å². The molecule has 0 saturated carbocycles. The lowest BCUT2D eigenvalue weighted by Crippen LogP contribution is -2.52. The second-order valence-corrected chi connectivity index (χ2v) is 5.90. The van der Waals surface area contributed by atoms with Crippen LogP contribution in [-0.2, 0) is 10.3 Å². The molecule has 18 heavy (non-hydrogen) atoms. The van der Waals surface area contributed by atoms with Crippen LogP contribution in [0.1, 0.15) is 26.0 Å². The molecule has 1 atom stereocenters. The molecular formula is C11H15BrN4OS. The number of carbonyl (C=O) groups is 1. The molecule has 0 aliphatic heterocycles. The lowest BCUT2D eigenvalue weighted by atomic mass is 9.86. The molecule has 1 aromatic heterocycles. The molecule has 1 rings (SSSR count). The molecule has 1 amide bonds. The van der Waals surface area contributed by atoms with Crippen molar-refractivity contribution >= 4 is 33.4 Å². The quantitative estimate of drug-likeness (QED) is 0.804. The molecule has 0 aliphatic rings. The summed E-state index contributed by atoms with van der Waals surface area (Å²) < 4.78 is 4.92. The number of hydrogen-bond donors (Lipinski definition) is 2. The lowest BCUT2D eigenvalue weighted by molar-refractivity contribution is -0.127. The van der Waals surface area contributed by atoms with Gasteiger partial charge in [-0.15, -0.1) is 0 Å². The van der Waals surface area contributed by atoms with Crippen LogP contribution < -0.4 is 11.1 Å². The van der Waals surface area contributed by atoms with Gasteiger partial charge in [-0.1, -0.05) is 13.8 Å². The molecule has 0 fully saturated rings. The first kappa shape index (κ1) is 15.1. The van der Waals surface area contributed by atoms with Gasteiger partial charge < -0.3 is 11.1 Å². The van der Waals surface area contributed by atoms with Gasteiger partial charge in [0.05, 0.1) is 16.2 Å². The van der Waals surface area contributed by atoms with Gasteiger partial charge in [0.1, 0.15) is 12.1 Å². The van der Waals surface area contributed by atoms with E-state index < -0.39 is 5.54 Å². The van der Waals surface area contributed by atoms with E-state index in [4.69, 9.17) is 11.0 Å². The number of hydrogen-bond acceptors (Lipinski definition) is 5. The first-order valence-corrected chi connectivity index (χ1v) is 7.09. The van der Waals surface area contributed by atoms with Gasteiger partial charge in [0, 0.05) is 5.38 Å². The highest BCUT2D eigenvalue weighted by molar-refractivity contribution is 9.10. The Balaban J connectivity index is 3.07. The number of carbonyl (C=O) groups excluding carboxylic acids is 1. The second-order valence-electron chi connectivity index (χ2n) is 4.42. The van der Waals surface area contributed by atoms with Crippen LogP contribution in [0.25, 0.3) is 0 Å². The Bertz CT molecular complexity index is 468. The minimum atomic E-state index is -1.20. The van der Waals surface area contributed by atoms with E-state index in [2.05, 4.69) is 25.6 Å². The first-order valence-electron chi connectivity index (χ1n) is 5.46. The molecule has 98 valence electrons. The van der Waals surface area contributed by atoms with E-state index >= 15 is 0 Å². The minimum absolute atomic E-state index is 0.0579. The molecule has 0 spiro atoms. The second kappa shape index (κ2) is 6.27. The smallest absolute Gasteiger partial charge is 0.247 e. The number of nitrogens with two attached hydrogens (primary N) is 1. The predicted octanol–water partition coefficient (Wildman–Crippen LogP) is 1.75. The highest BCUT2D eigenvalue weighted by Gasteiger charge is 2.40. The fourth-order valence-corrected chi connectivity index (χ4v) is 3.17. The third-order valence-corrected chi connectivity index (χ3v) is 3.95. The van der Waals surface area contributed by atoms with Gasteiger partial charge in [-0.2, -0.15) is 9.64 Å². The van der Waals surface area contributed by atoms with E-state index in [1.54, 1.807) is 5.38 Å². The zero-order valence-corrected chi connectivity index (χ0v) is 12.6. The number of rotatable bonds is 5. The number of nitrogens with zero attached hydrogens (tertiary/aromatic N) is 2. The van der Waals surface area contributed by atoms with Crippen molar-refractivity contribution in [2.45, 2.75) is 25.8 Å². The highest BCUT2D eigenvalue weighted by Crippen LogP contribution is 2.32. The van der Waals surface area contributed by atoms with Crippen LogP contribution in [0.3, 0.4) is 0 Å². The van der Waals surface area contributed by atoms with Crippen molar-refractivity contribution in [2.75, 3.05) is 6.54 Å². The Hall–Kier alpha value is -0.970. The van der Waals surface area contributed by atoms with Crippen molar-refractivity contribution in [1.29, 1.82) is 5.26 Å². The van der Waals surface area contributed by atoms with Crippen LogP contribution >= 0.6 is 27.5 Å². The fourth-order valence-electron chi connectivity index (χ4n) is 1.74. The summed E-state index contributed by atoms with van der Waals surface area (Å²) in [7, 11) is 0. The van der Waals surface area contributed by atoms with Crippen molar-refractivity contribution in [3.05, 3.63) is 15.5 Å². The summed E-state index contributed by atoms with van der Waals surface area (Å²) in [6.45, 7) is 3.91. The van der Waals surface area contributed by atoms with Crippen LogP contribution in [0.2, 0.25) is 0 Å². The molecule has 1 aromatic rings. The maximum atomic E-state index is 12.2. The van der Waals surface area contributed by atoms with Gasteiger partial charge in [-0.3, -0.25) is 4.79 Å². The Morgan fingerprint density at radius 3 is 2.89 bits per heavy atom. The van der Waals surface area contributed by atoms with Crippen molar-refractivity contribution in [1.82, 2.24) is 9.69 Å². The monoisotopic (exact) mass is 330 g/mol. The zero-order valence-electron chi connectivity index (χ0n) is 10.2. The average Bonchev–Trinajstić information content (AvgIpc) is 2.71. The summed E-state index contributed by atoms with van der Waals surface area (Å²) in [5.41, 5.74) is 5.56. The topological polar surface area (TPSA) is 91.8 Å². The van der Waals surface area contributed by atoms with Gasteiger partial charge in [-0.05, 0) is 39.8 Å². The summed E-state index contributed by atoms with van der Waals surface area (Å²) in [5.74, 6) is -0.138. The molecule has 3 N–H and O–H groups in total. The normalized spacial score (nSPS) is 14.0. The maximum absolute atomic E-state index is 12.2. The van der Waals surface area contributed by atoms with E-state index in [1.165, 1.54) is 11.5 Å². The van der Waals surface area contributed by atoms with Crippen LogP contribution in [-0.4, -0.2) is 16.8 Å². The Labute approximate surface area is 119 Å². The van der Waals surface area contributed by atoms with Crippen LogP contribution in [0.4, 0.5) is 0 Å². The molecule has 0 aliphatic carbocycles. The van der Waals surface area contributed by atoms with Crippen LogP contribution in [0, 0.1) is 17.2 Å². The molecule has 0 unspecified atom stereocenters. The molecule has 0 radical (unpaired) electrons. The summed E-state index contributed by atoms with van der Waals surface area (Å²) in [4.78, 5) is 12.2. The van der Waals surface area contributed by atoms with Crippen LogP contribution in [0.15, 0.2) is 9.85 Å². The number of halogens is 1. The fraction of sp³-hybridized carbons (Fsp3) is 0.545. The van der Waals surface area contributed by atoms with E-state index in [0.717, 1.165) is 4.47 Å². The highest BCUT2D eigenvalue weighted by atomic mass is 79.9. The zero-order chi connectivity index (χ0) is 13.8. The average molecular weight is 331 g/mol. The lowest BCUT2D eigenvalue weighted by Gasteiger charge is -2.28. The SMILES string of the molecule is CC(C)C[C@](N)(C(=O)NCC#N)c1nscc1Br. The number of nitriles is 1. The van der Waals surface area contributed by atoms with Crippen molar-refractivity contribution in [3.8, 4) is 6.07 Å². The van der Waals surface area contributed by atoms with Gasteiger partial charge in [0.2, 0.25) is 5.91 Å². The molecule has 0 aromatic carbocycles. The maximum Gasteiger partial charge on any atom is 0.247 e. The summed E-state index contributed by atoms with van der Waals surface area (Å²) in [5, 5.41) is 12.8. The van der Waals surface area contributed by atoms with E-state index in [0.29, 0.717) is 12.1 Å². The Morgan fingerprint density at radius 1 is 1.78 bits per heavy atom. The van der Waals surface area contributed by atoms with Gasteiger partial charge in [-0.25, -0.2) is 0 Å². The van der Waals surface area contributed by atoms with Crippen LogP contribution in [0.5, 0.6) is 0 Å². The minimum Gasteiger partial charge on any atom is -0.341 e. The summed E-state index contributed by atoms with van der Waals surface area (Å²) >= 11 is 4.59. The van der Waals surface area contributed by atoms with Crippen molar-refractivity contribution < 1.29 is 4.79 Å². The number of aromatic nitrogens is 1. The van der Waals surface area contributed by atoms with E-state index in [-0.39, 0.29) is 18.4 Å². The van der Waals surface area contributed by atoms with Gasteiger partial charge >= 0.3 is 0 Å². The standard InChI is InChI=1S/C11H15BrN4OS/c1-7(2)5-11(14,10(17)15-4-3-13)9-8(12)6-18-16-9/h6-7H,4-5,14H2,1-2H3,(H,15,17)/t11-/m1/s1. The molecule has 7 heteroatoms. The number of amides is 1. The summed E-state index contributed by atoms with van der Waals surface area (Å²) in [6.07, 6.45) is 0.465. The molecular weight excluding hydrogens is 316 g/mol. The predicted molar refractivity (Wildman–Crippen MR) is 73.8 cm³/mol. The van der Waals surface area contributed by atoms with E-state index in [1.807, 2.05) is 19.9 Å². The molecule has 1 heterocycles. The van der Waals surface area contributed by atoms with E-state index in [9.17, 15) is 4.79 Å². The third-order valence-electron chi connectivity index (χ3n) is 2.41. The first-order chi connectivity index (χ1) is 8.41. The molecule has 0 bridgehead atoms. The summed E-state index contributed by atoms with van der Waals surface area (Å²) in [6, 6.07) is 1.87. The molecule has 5 nitrogen and oxygen atoms in total. The van der Waals surface area contributed by atoms with Gasteiger partial charge in [0.15, 0.2) is 0 Å². The van der Waals surface area contributed by atoms with Crippen molar-refractivity contribution in [2.24, 2.45) is 11.7 Å². The number of nitrogens with one attached hydrogen (secondary N) is 1. The third kappa shape index (κ3) is 3.28. The molecule has 0 saturated heterocycles. The van der Waals surface area contributed by atoms with Gasteiger partial charge in [0.25, 0.3) is 0 Å². The Kier molecular flexibility index (Phi) is 5.26. The Morgan fingerprint density at radius 2 is 2.44 bits per heavy atom.